The third kappa shape index (κ3) is 9.88. The van der Waals surface area contributed by atoms with E-state index in [0.29, 0.717) is 0 Å². The van der Waals surface area contributed by atoms with Crippen molar-refractivity contribution in [2.75, 3.05) is 32.8 Å². The van der Waals surface area contributed by atoms with Crippen LogP contribution in [0.2, 0.25) is 0 Å². The van der Waals surface area contributed by atoms with Gasteiger partial charge >= 0.3 is 0 Å². The molecular formula is C9H22N2O. The Bertz CT molecular complexity index is 68.9. The molecule has 0 aliphatic rings. The molecular weight excluding hydrogens is 152 g/mol. The number of hydrogen-bond acceptors (Lipinski definition) is 3. The molecule has 0 amide bonds. The number of hydrogen-bond donors (Lipinski definition) is 2. The minimum atomic E-state index is 0.784. The van der Waals surface area contributed by atoms with Crippen LogP contribution >= 0.6 is 0 Å². The van der Waals surface area contributed by atoms with Crippen molar-refractivity contribution in [2.45, 2.75) is 26.2 Å². The topological polar surface area (TPSA) is 47.3 Å². The molecule has 0 aromatic carbocycles. The van der Waals surface area contributed by atoms with Gasteiger partial charge < -0.3 is 15.8 Å². The van der Waals surface area contributed by atoms with Crippen LogP contribution in [0.5, 0.6) is 0 Å². The number of unbranched alkanes of at least 4 members (excludes halogenated alkanes) is 1. The second-order valence-electron chi connectivity index (χ2n) is 2.80. The minimum absolute atomic E-state index is 0.784. The molecule has 0 unspecified atom stereocenters. The summed E-state index contributed by atoms with van der Waals surface area (Å²) in [7, 11) is 0. The first-order chi connectivity index (χ1) is 5.91. The standard InChI is InChI=1S/C9H22N2O/c1-2-12-9-4-3-7-11-8-5-6-10/h11H,2-10H2,1H3. The largest absolute Gasteiger partial charge is 0.382 e. The SMILES string of the molecule is CCOCCCCNCCCN. The Hall–Kier alpha value is -0.120. The molecule has 0 aromatic rings. The summed E-state index contributed by atoms with van der Waals surface area (Å²) in [4.78, 5) is 0. The molecule has 0 heterocycles. The summed E-state index contributed by atoms with van der Waals surface area (Å²) in [5, 5.41) is 3.33. The van der Waals surface area contributed by atoms with E-state index in [1.54, 1.807) is 0 Å². The van der Waals surface area contributed by atoms with Gasteiger partial charge in [0.15, 0.2) is 0 Å². The molecule has 12 heavy (non-hydrogen) atoms. The monoisotopic (exact) mass is 174 g/mol. The van der Waals surface area contributed by atoms with Crippen molar-refractivity contribution in [3.63, 3.8) is 0 Å². The first kappa shape index (κ1) is 11.9. The molecule has 0 radical (unpaired) electrons. The van der Waals surface area contributed by atoms with Crippen molar-refractivity contribution >= 4 is 0 Å². The highest BCUT2D eigenvalue weighted by atomic mass is 16.5. The maximum atomic E-state index is 5.35. The van der Waals surface area contributed by atoms with Gasteiger partial charge in [-0.25, -0.2) is 0 Å². The number of ether oxygens (including phenoxy) is 1. The van der Waals surface area contributed by atoms with Crippen LogP contribution < -0.4 is 11.1 Å². The predicted molar refractivity (Wildman–Crippen MR) is 52.3 cm³/mol. The maximum absolute atomic E-state index is 5.35. The lowest BCUT2D eigenvalue weighted by Crippen LogP contribution is -2.19. The van der Waals surface area contributed by atoms with E-state index in [9.17, 15) is 0 Å². The van der Waals surface area contributed by atoms with Gasteiger partial charge in [0.05, 0.1) is 0 Å². The first-order valence-electron chi connectivity index (χ1n) is 4.90. The Morgan fingerprint density at radius 3 is 2.58 bits per heavy atom. The predicted octanol–water partition coefficient (Wildman–Crippen LogP) is 0.742. The molecule has 0 spiro atoms. The summed E-state index contributed by atoms with van der Waals surface area (Å²) in [5.41, 5.74) is 5.35. The fourth-order valence-electron chi connectivity index (χ4n) is 0.951. The van der Waals surface area contributed by atoms with E-state index in [2.05, 4.69) is 5.32 Å². The summed E-state index contributed by atoms with van der Waals surface area (Å²) < 4.78 is 5.21. The molecule has 74 valence electrons. The van der Waals surface area contributed by atoms with Crippen LogP contribution in [-0.4, -0.2) is 32.8 Å². The molecule has 0 aromatic heterocycles. The van der Waals surface area contributed by atoms with Gasteiger partial charge in [-0.1, -0.05) is 0 Å². The molecule has 0 bridgehead atoms. The van der Waals surface area contributed by atoms with Crippen LogP contribution in [-0.2, 0) is 4.74 Å². The van der Waals surface area contributed by atoms with E-state index in [0.717, 1.165) is 45.7 Å². The molecule has 0 saturated carbocycles. The molecule has 0 saturated heterocycles. The summed E-state index contributed by atoms with van der Waals surface area (Å²) in [6, 6.07) is 0. The second-order valence-corrected chi connectivity index (χ2v) is 2.80. The normalized spacial score (nSPS) is 10.5. The first-order valence-corrected chi connectivity index (χ1v) is 4.90. The van der Waals surface area contributed by atoms with Gasteiger partial charge in [0.25, 0.3) is 0 Å². The second kappa shape index (κ2) is 10.9. The lowest BCUT2D eigenvalue weighted by molar-refractivity contribution is 0.143. The van der Waals surface area contributed by atoms with Crippen molar-refractivity contribution in [3.05, 3.63) is 0 Å². The van der Waals surface area contributed by atoms with Gasteiger partial charge in [0.2, 0.25) is 0 Å². The quantitative estimate of drug-likeness (QED) is 0.507. The zero-order valence-corrected chi connectivity index (χ0v) is 8.14. The lowest BCUT2D eigenvalue weighted by Gasteiger charge is -2.03. The van der Waals surface area contributed by atoms with Gasteiger partial charge in [-0.15, -0.1) is 0 Å². The Morgan fingerprint density at radius 1 is 1.17 bits per heavy atom. The number of rotatable bonds is 9. The van der Waals surface area contributed by atoms with Crippen LogP contribution in [0, 0.1) is 0 Å². The van der Waals surface area contributed by atoms with E-state index < -0.39 is 0 Å². The smallest absolute Gasteiger partial charge is 0.0466 e. The van der Waals surface area contributed by atoms with Crippen molar-refractivity contribution in [2.24, 2.45) is 5.73 Å². The van der Waals surface area contributed by atoms with Crippen LogP contribution in [0.1, 0.15) is 26.2 Å². The van der Waals surface area contributed by atoms with Crippen molar-refractivity contribution in [3.8, 4) is 0 Å². The van der Waals surface area contributed by atoms with Gasteiger partial charge in [-0.3, -0.25) is 0 Å². The summed E-state index contributed by atoms with van der Waals surface area (Å²) >= 11 is 0. The van der Waals surface area contributed by atoms with E-state index in [1.807, 2.05) is 6.92 Å². The van der Waals surface area contributed by atoms with E-state index in [-0.39, 0.29) is 0 Å². The fourth-order valence-corrected chi connectivity index (χ4v) is 0.951. The Labute approximate surface area is 75.7 Å². The fraction of sp³-hybridized carbons (Fsp3) is 1.00. The van der Waals surface area contributed by atoms with Crippen LogP contribution in [0.25, 0.3) is 0 Å². The Kier molecular flexibility index (Phi) is 10.8. The highest BCUT2D eigenvalue weighted by molar-refractivity contribution is 4.48. The van der Waals surface area contributed by atoms with Gasteiger partial charge in [-0.05, 0) is 45.8 Å². The van der Waals surface area contributed by atoms with Crippen LogP contribution in [0.3, 0.4) is 0 Å². The molecule has 0 aliphatic carbocycles. The van der Waals surface area contributed by atoms with Gasteiger partial charge in [0, 0.05) is 13.2 Å². The summed E-state index contributed by atoms with van der Waals surface area (Å²) in [6.45, 7) is 6.68. The molecule has 3 nitrogen and oxygen atoms in total. The molecule has 0 rings (SSSR count). The van der Waals surface area contributed by atoms with Gasteiger partial charge in [-0.2, -0.15) is 0 Å². The van der Waals surface area contributed by atoms with E-state index >= 15 is 0 Å². The van der Waals surface area contributed by atoms with Crippen molar-refractivity contribution in [1.82, 2.24) is 5.32 Å². The third-order valence-electron chi connectivity index (χ3n) is 1.65. The third-order valence-corrected chi connectivity index (χ3v) is 1.65. The lowest BCUT2D eigenvalue weighted by atomic mass is 10.3. The maximum Gasteiger partial charge on any atom is 0.0466 e. The molecule has 3 N–H and O–H groups in total. The van der Waals surface area contributed by atoms with Gasteiger partial charge in [0.1, 0.15) is 0 Å². The summed E-state index contributed by atoms with van der Waals surface area (Å²) in [5.74, 6) is 0. The van der Waals surface area contributed by atoms with Crippen molar-refractivity contribution in [1.29, 1.82) is 0 Å². The van der Waals surface area contributed by atoms with E-state index in [1.165, 1.54) is 6.42 Å². The van der Waals surface area contributed by atoms with Crippen molar-refractivity contribution < 1.29 is 4.74 Å². The Balaban J connectivity index is 2.73. The zero-order valence-electron chi connectivity index (χ0n) is 8.14. The number of nitrogens with two attached hydrogens (primary N) is 1. The highest BCUT2D eigenvalue weighted by Crippen LogP contribution is 1.87. The molecule has 3 heteroatoms. The average molecular weight is 174 g/mol. The molecule has 0 aliphatic heterocycles. The Morgan fingerprint density at radius 2 is 1.92 bits per heavy atom. The highest BCUT2D eigenvalue weighted by Gasteiger charge is 1.88. The summed E-state index contributed by atoms with van der Waals surface area (Å²) in [6.07, 6.45) is 3.43. The van der Waals surface area contributed by atoms with Crippen LogP contribution in [0.4, 0.5) is 0 Å². The zero-order chi connectivity index (χ0) is 9.07. The number of nitrogens with one attached hydrogen (secondary N) is 1. The van der Waals surface area contributed by atoms with E-state index in [4.69, 9.17) is 10.5 Å². The molecule has 0 atom stereocenters. The van der Waals surface area contributed by atoms with Crippen LogP contribution in [0.15, 0.2) is 0 Å². The average Bonchev–Trinajstić information content (AvgIpc) is 2.10. The minimum Gasteiger partial charge on any atom is -0.382 e. The molecule has 0 fully saturated rings.